The Balaban J connectivity index is 1.79. The Morgan fingerprint density at radius 3 is 2.46 bits per heavy atom. The maximum Gasteiger partial charge on any atom is 0.123 e. The monoisotopic (exact) mass is 355 g/mol. The molecule has 26 heavy (non-hydrogen) atoms. The molecule has 4 rings (SSSR count). The number of fused-ring (bicyclic) bond motifs is 1. The Bertz CT molecular complexity index is 1100. The van der Waals surface area contributed by atoms with Gasteiger partial charge in [0, 0.05) is 11.4 Å². The lowest BCUT2D eigenvalue weighted by molar-refractivity contribution is 0.729. The van der Waals surface area contributed by atoms with Gasteiger partial charge in [0.15, 0.2) is 0 Å². The summed E-state index contributed by atoms with van der Waals surface area (Å²) in [7, 11) is 0. The van der Waals surface area contributed by atoms with E-state index in [4.69, 9.17) is 5.73 Å². The van der Waals surface area contributed by atoms with Crippen molar-refractivity contribution in [2.24, 2.45) is 0 Å². The predicted molar refractivity (Wildman–Crippen MR) is 107 cm³/mol. The molecule has 126 valence electrons. The van der Waals surface area contributed by atoms with Crippen LogP contribution in [0.4, 0.5) is 5.69 Å². The van der Waals surface area contributed by atoms with Crippen LogP contribution < -0.4 is 5.73 Å². The molecule has 0 spiro atoms. The summed E-state index contributed by atoms with van der Waals surface area (Å²) in [6, 6.07) is 28.7. The maximum absolute atomic E-state index is 9.58. The second-order valence-corrected chi connectivity index (χ2v) is 7.10. The van der Waals surface area contributed by atoms with E-state index in [0.717, 1.165) is 9.92 Å². The van der Waals surface area contributed by atoms with Crippen molar-refractivity contribution in [2.45, 2.75) is 16.5 Å². The van der Waals surface area contributed by atoms with Crippen molar-refractivity contribution in [3.05, 3.63) is 90.1 Å². The lowest BCUT2D eigenvalue weighted by Crippen LogP contribution is -2.05. The van der Waals surface area contributed by atoms with Gasteiger partial charge >= 0.3 is 0 Å². The fourth-order valence-corrected chi connectivity index (χ4v) is 4.08. The van der Waals surface area contributed by atoms with Crippen LogP contribution in [0.5, 0.6) is 0 Å². The molecule has 0 unspecified atom stereocenters. The van der Waals surface area contributed by atoms with Gasteiger partial charge in [0.1, 0.15) is 16.8 Å². The van der Waals surface area contributed by atoms with Crippen LogP contribution >= 0.6 is 11.8 Å². The number of anilines is 1. The largest absolute Gasteiger partial charge is 0.397 e. The van der Waals surface area contributed by atoms with Crippen LogP contribution in [-0.4, -0.2) is 4.57 Å². The average molecular weight is 355 g/mol. The van der Waals surface area contributed by atoms with E-state index in [1.165, 1.54) is 16.3 Å². The van der Waals surface area contributed by atoms with Gasteiger partial charge in [-0.2, -0.15) is 5.26 Å². The summed E-state index contributed by atoms with van der Waals surface area (Å²) >= 11 is 1.59. The molecule has 0 radical (unpaired) electrons. The molecule has 0 saturated carbocycles. The number of aromatic nitrogens is 1. The van der Waals surface area contributed by atoms with Crippen LogP contribution in [-0.2, 0) is 6.54 Å². The van der Waals surface area contributed by atoms with Crippen molar-refractivity contribution in [1.29, 1.82) is 5.26 Å². The minimum Gasteiger partial charge on any atom is -0.397 e. The third-order valence-electron chi connectivity index (χ3n) is 4.36. The summed E-state index contributed by atoms with van der Waals surface area (Å²) in [5.74, 6) is 0. The molecule has 1 aromatic heterocycles. The zero-order valence-electron chi connectivity index (χ0n) is 14.1. The smallest absolute Gasteiger partial charge is 0.123 e. The zero-order chi connectivity index (χ0) is 17.9. The zero-order valence-corrected chi connectivity index (χ0v) is 14.9. The van der Waals surface area contributed by atoms with Crippen LogP contribution in [0.3, 0.4) is 0 Å². The molecule has 0 aliphatic rings. The topological polar surface area (TPSA) is 54.7 Å². The van der Waals surface area contributed by atoms with E-state index in [1.54, 1.807) is 17.8 Å². The molecule has 0 bridgehead atoms. The SMILES string of the molecule is N#Cc1cc(N)c(Sc2ccccc2)n1Cc1cccc2ccccc12. The van der Waals surface area contributed by atoms with Gasteiger partial charge in [0.2, 0.25) is 0 Å². The Hall–Kier alpha value is -3.16. The first-order chi connectivity index (χ1) is 12.8. The standard InChI is InChI=1S/C22H17N3S/c23-14-18-13-21(24)22(26-19-10-2-1-3-11-19)25(18)15-17-9-6-8-16-7-4-5-12-20(16)17/h1-13H,15,24H2. The lowest BCUT2D eigenvalue weighted by atomic mass is 10.0. The van der Waals surface area contributed by atoms with Crippen molar-refractivity contribution in [1.82, 2.24) is 4.57 Å². The van der Waals surface area contributed by atoms with Gasteiger partial charge < -0.3 is 10.3 Å². The van der Waals surface area contributed by atoms with Gasteiger partial charge in [-0.25, -0.2) is 0 Å². The Morgan fingerprint density at radius 2 is 1.65 bits per heavy atom. The highest BCUT2D eigenvalue weighted by atomic mass is 32.2. The summed E-state index contributed by atoms with van der Waals surface area (Å²) in [5, 5.41) is 12.9. The van der Waals surface area contributed by atoms with E-state index in [0.29, 0.717) is 17.9 Å². The van der Waals surface area contributed by atoms with Crippen LogP contribution in [0.25, 0.3) is 10.8 Å². The number of nitrogens with zero attached hydrogens (tertiary/aromatic N) is 2. The number of nitriles is 1. The van der Waals surface area contributed by atoms with Crippen LogP contribution in [0.15, 0.2) is 88.8 Å². The van der Waals surface area contributed by atoms with Crippen LogP contribution in [0.1, 0.15) is 11.3 Å². The molecule has 4 aromatic rings. The van der Waals surface area contributed by atoms with Crippen molar-refractivity contribution in [3.8, 4) is 6.07 Å². The van der Waals surface area contributed by atoms with E-state index in [-0.39, 0.29) is 0 Å². The maximum atomic E-state index is 9.58. The summed E-state index contributed by atoms with van der Waals surface area (Å²) in [6.07, 6.45) is 0. The van der Waals surface area contributed by atoms with E-state index in [9.17, 15) is 5.26 Å². The molecular formula is C22H17N3S. The Labute approximate surface area is 156 Å². The second-order valence-electron chi connectivity index (χ2n) is 6.04. The molecule has 0 aliphatic carbocycles. The number of nitrogens with two attached hydrogens (primary N) is 1. The molecule has 4 heteroatoms. The Kier molecular flexibility index (Phi) is 4.39. The summed E-state index contributed by atoms with van der Waals surface area (Å²) < 4.78 is 2.01. The molecule has 0 amide bonds. The highest BCUT2D eigenvalue weighted by Crippen LogP contribution is 2.35. The van der Waals surface area contributed by atoms with Crippen molar-refractivity contribution >= 4 is 28.2 Å². The van der Waals surface area contributed by atoms with E-state index >= 15 is 0 Å². The molecule has 0 aliphatic heterocycles. The van der Waals surface area contributed by atoms with Crippen molar-refractivity contribution < 1.29 is 0 Å². The number of hydrogen-bond donors (Lipinski definition) is 1. The number of hydrogen-bond acceptors (Lipinski definition) is 3. The van der Waals surface area contributed by atoms with E-state index < -0.39 is 0 Å². The summed E-state index contributed by atoms with van der Waals surface area (Å²) in [5.41, 5.74) is 8.62. The average Bonchev–Trinajstić information content (AvgIpc) is 2.98. The van der Waals surface area contributed by atoms with Gasteiger partial charge in [0.25, 0.3) is 0 Å². The highest BCUT2D eigenvalue weighted by molar-refractivity contribution is 7.99. The number of benzene rings is 3. The fraction of sp³-hybridized carbons (Fsp3) is 0.0455. The molecule has 0 atom stereocenters. The molecule has 2 N–H and O–H groups in total. The third kappa shape index (κ3) is 3.05. The molecule has 3 nitrogen and oxygen atoms in total. The normalized spacial score (nSPS) is 10.7. The second kappa shape index (κ2) is 6.99. The minimum absolute atomic E-state index is 0.578. The lowest BCUT2D eigenvalue weighted by Gasteiger charge is -2.13. The first-order valence-electron chi connectivity index (χ1n) is 8.35. The third-order valence-corrected chi connectivity index (χ3v) is 5.51. The number of rotatable bonds is 4. The van der Waals surface area contributed by atoms with E-state index in [1.807, 2.05) is 47.0 Å². The molecule has 1 heterocycles. The predicted octanol–water partition coefficient (Wildman–Crippen LogP) is 5.29. The van der Waals surface area contributed by atoms with Gasteiger partial charge in [0.05, 0.1) is 5.69 Å². The fourth-order valence-electron chi connectivity index (χ4n) is 3.12. The summed E-state index contributed by atoms with van der Waals surface area (Å²) in [6.45, 7) is 0.608. The first-order valence-corrected chi connectivity index (χ1v) is 9.16. The van der Waals surface area contributed by atoms with Gasteiger partial charge in [-0.1, -0.05) is 72.4 Å². The van der Waals surface area contributed by atoms with Crippen molar-refractivity contribution in [3.63, 3.8) is 0 Å². The quantitative estimate of drug-likeness (QED) is 0.541. The molecule has 0 fully saturated rings. The highest BCUT2D eigenvalue weighted by Gasteiger charge is 2.15. The van der Waals surface area contributed by atoms with E-state index in [2.05, 4.69) is 36.4 Å². The van der Waals surface area contributed by atoms with Gasteiger partial charge in [-0.3, -0.25) is 0 Å². The first kappa shape index (κ1) is 16.3. The summed E-state index contributed by atoms with van der Waals surface area (Å²) in [4.78, 5) is 1.10. The van der Waals surface area contributed by atoms with Crippen LogP contribution in [0.2, 0.25) is 0 Å². The molecular weight excluding hydrogens is 338 g/mol. The van der Waals surface area contributed by atoms with Gasteiger partial charge in [-0.15, -0.1) is 0 Å². The van der Waals surface area contributed by atoms with Crippen molar-refractivity contribution in [2.75, 3.05) is 5.73 Å². The molecule has 3 aromatic carbocycles. The molecule has 0 saturated heterocycles. The van der Waals surface area contributed by atoms with Gasteiger partial charge in [-0.05, 0) is 34.5 Å². The van der Waals surface area contributed by atoms with Crippen LogP contribution in [0, 0.1) is 11.3 Å². The number of nitrogen functional groups attached to an aromatic ring is 1. The minimum atomic E-state index is 0.578. The Morgan fingerprint density at radius 1 is 0.923 bits per heavy atom.